The Morgan fingerprint density at radius 1 is 1.30 bits per heavy atom. The molecule has 1 N–H and O–H groups in total. The zero-order valence-corrected chi connectivity index (χ0v) is 15.5. The molecule has 0 fully saturated rings. The van der Waals surface area contributed by atoms with E-state index in [9.17, 15) is 4.79 Å². The Balaban J connectivity index is 1.61. The van der Waals surface area contributed by atoms with Gasteiger partial charge in [0.25, 0.3) is 11.6 Å². The molecule has 0 aliphatic carbocycles. The van der Waals surface area contributed by atoms with Gasteiger partial charge >= 0.3 is 0 Å². The van der Waals surface area contributed by atoms with Gasteiger partial charge in [0.1, 0.15) is 12.4 Å². The largest absolute Gasteiger partial charge is 0.485 e. The number of thiazole rings is 1. The number of nitrogens with one attached hydrogen (secondary N) is 1. The number of rotatable bonds is 5. The minimum atomic E-state index is -0.276. The zero-order chi connectivity index (χ0) is 18.8. The normalized spacial score (nSPS) is 10.9. The number of hydrogen-bond acceptors (Lipinski definition) is 7. The van der Waals surface area contributed by atoms with Crippen molar-refractivity contribution in [3.05, 3.63) is 63.9 Å². The van der Waals surface area contributed by atoms with Gasteiger partial charge < -0.3 is 14.6 Å². The summed E-state index contributed by atoms with van der Waals surface area (Å²) in [7, 11) is 0. The van der Waals surface area contributed by atoms with E-state index in [1.54, 1.807) is 37.6 Å². The molecule has 0 saturated carbocycles. The van der Waals surface area contributed by atoms with E-state index in [2.05, 4.69) is 20.4 Å². The molecule has 27 heavy (non-hydrogen) atoms. The van der Waals surface area contributed by atoms with Gasteiger partial charge in [0.05, 0.1) is 33.5 Å². The molecule has 3 aromatic heterocycles. The van der Waals surface area contributed by atoms with Crippen LogP contribution < -0.4 is 10.1 Å². The Morgan fingerprint density at radius 3 is 2.96 bits per heavy atom. The van der Waals surface area contributed by atoms with E-state index in [0.29, 0.717) is 46.1 Å². The number of carbonyl (C=O) groups is 1. The second-order valence-corrected chi connectivity index (χ2v) is 6.70. The summed E-state index contributed by atoms with van der Waals surface area (Å²) in [5.41, 5.74) is 5.29. The second kappa shape index (κ2) is 7.16. The van der Waals surface area contributed by atoms with E-state index in [1.165, 1.54) is 11.3 Å². The number of nitrogens with zero attached hydrogens (tertiary/aromatic N) is 3. The van der Waals surface area contributed by atoms with E-state index in [1.807, 2.05) is 17.5 Å². The van der Waals surface area contributed by atoms with Crippen LogP contribution in [0, 0.1) is 13.8 Å². The molecule has 4 rings (SSSR count). The van der Waals surface area contributed by atoms with Crippen LogP contribution in [0.4, 0.5) is 5.69 Å². The molecular weight excluding hydrogens is 364 g/mol. The molecule has 1 aromatic carbocycles. The van der Waals surface area contributed by atoms with Crippen LogP contribution in [0.5, 0.6) is 5.75 Å². The lowest BCUT2D eigenvalue weighted by Crippen LogP contribution is -2.14. The SMILES string of the molecule is Cc1cc(C(=O)Nc2ccccc2OCc2cscn2)c2c(C)noc2n1. The minimum Gasteiger partial charge on any atom is -0.485 e. The quantitative estimate of drug-likeness (QED) is 0.560. The number of ether oxygens (including phenoxy) is 1. The smallest absolute Gasteiger partial charge is 0.258 e. The summed E-state index contributed by atoms with van der Waals surface area (Å²) in [6.45, 7) is 3.92. The highest BCUT2D eigenvalue weighted by Crippen LogP contribution is 2.27. The van der Waals surface area contributed by atoms with Gasteiger partial charge in [-0.25, -0.2) is 9.97 Å². The van der Waals surface area contributed by atoms with Gasteiger partial charge in [0, 0.05) is 11.1 Å². The molecule has 0 atom stereocenters. The summed E-state index contributed by atoms with van der Waals surface area (Å²) in [6.07, 6.45) is 0. The summed E-state index contributed by atoms with van der Waals surface area (Å²) >= 11 is 1.51. The van der Waals surface area contributed by atoms with Crippen molar-refractivity contribution in [3.8, 4) is 5.75 Å². The predicted octanol–water partition coefficient (Wildman–Crippen LogP) is 4.13. The average Bonchev–Trinajstić information content (AvgIpc) is 3.30. The standard InChI is InChI=1S/C19H16N4O3S/c1-11-7-14(17-12(2)23-26-19(17)21-11)18(24)22-15-5-3-4-6-16(15)25-8-13-9-27-10-20-13/h3-7,9-10H,8H2,1-2H3,(H,22,24). The molecular formula is C19H16N4O3S. The Labute approximate surface area is 159 Å². The maximum absolute atomic E-state index is 12.9. The van der Waals surface area contributed by atoms with E-state index >= 15 is 0 Å². The van der Waals surface area contributed by atoms with Gasteiger partial charge in [-0.3, -0.25) is 4.79 Å². The maximum atomic E-state index is 12.9. The molecule has 4 aromatic rings. The Morgan fingerprint density at radius 2 is 2.15 bits per heavy atom. The first-order valence-electron chi connectivity index (χ1n) is 8.25. The number of benzene rings is 1. The molecule has 0 aliphatic rings. The van der Waals surface area contributed by atoms with Crippen LogP contribution in [0.15, 0.2) is 45.7 Å². The number of pyridine rings is 1. The van der Waals surface area contributed by atoms with Crippen LogP contribution in [-0.2, 0) is 6.61 Å². The Kier molecular flexibility index (Phi) is 4.55. The minimum absolute atomic E-state index is 0.276. The third-order valence-corrected chi connectivity index (χ3v) is 4.62. The first-order chi connectivity index (χ1) is 13.1. The van der Waals surface area contributed by atoms with Gasteiger partial charge in [-0.15, -0.1) is 11.3 Å². The number of hydrogen-bond donors (Lipinski definition) is 1. The monoisotopic (exact) mass is 380 g/mol. The summed E-state index contributed by atoms with van der Waals surface area (Å²) in [5.74, 6) is 0.296. The van der Waals surface area contributed by atoms with Gasteiger partial charge in [0.15, 0.2) is 0 Å². The van der Waals surface area contributed by atoms with Crippen molar-refractivity contribution in [3.63, 3.8) is 0 Å². The number of carbonyl (C=O) groups excluding carboxylic acids is 1. The Hall–Kier alpha value is -3.26. The van der Waals surface area contributed by atoms with Crippen LogP contribution in [-0.4, -0.2) is 21.0 Å². The lowest BCUT2D eigenvalue weighted by molar-refractivity contribution is 0.102. The van der Waals surface area contributed by atoms with Gasteiger partial charge in [0.2, 0.25) is 0 Å². The first kappa shape index (κ1) is 17.2. The highest BCUT2D eigenvalue weighted by atomic mass is 32.1. The number of aromatic nitrogens is 3. The van der Waals surface area contributed by atoms with E-state index < -0.39 is 0 Å². The third kappa shape index (κ3) is 3.52. The summed E-state index contributed by atoms with van der Waals surface area (Å²) in [4.78, 5) is 21.4. The summed E-state index contributed by atoms with van der Waals surface area (Å²) in [6, 6.07) is 9.01. The number of aryl methyl sites for hydroxylation is 2. The maximum Gasteiger partial charge on any atom is 0.258 e. The van der Waals surface area contributed by atoms with Gasteiger partial charge in [-0.05, 0) is 32.0 Å². The van der Waals surface area contributed by atoms with Crippen LogP contribution in [0.1, 0.15) is 27.4 Å². The van der Waals surface area contributed by atoms with Crippen LogP contribution in [0.2, 0.25) is 0 Å². The van der Waals surface area contributed by atoms with E-state index in [-0.39, 0.29) is 5.91 Å². The van der Waals surface area contributed by atoms with Crippen molar-refractivity contribution in [2.45, 2.75) is 20.5 Å². The van der Waals surface area contributed by atoms with E-state index in [0.717, 1.165) is 5.69 Å². The Bertz CT molecular complexity index is 1110. The molecule has 0 aliphatic heterocycles. The van der Waals surface area contributed by atoms with Gasteiger partial charge in [-0.2, -0.15) is 0 Å². The fraction of sp³-hybridized carbons (Fsp3) is 0.158. The van der Waals surface area contributed by atoms with Crippen molar-refractivity contribution in [2.75, 3.05) is 5.32 Å². The second-order valence-electron chi connectivity index (χ2n) is 5.98. The predicted molar refractivity (Wildman–Crippen MR) is 102 cm³/mol. The summed E-state index contributed by atoms with van der Waals surface area (Å²) < 4.78 is 11.0. The number of amides is 1. The highest BCUT2D eigenvalue weighted by molar-refractivity contribution is 7.07. The molecule has 7 nitrogen and oxygen atoms in total. The lowest BCUT2D eigenvalue weighted by Gasteiger charge is -2.12. The van der Waals surface area contributed by atoms with Crippen LogP contribution in [0.3, 0.4) is 0 Å². The van der Waals surface area contributed by atoms with Crippen molar-refractivity contribution in [1.29, 1.82) is 0 Å². The van der Waals surface area contributed by atoms with Crippen LogP contribution >= 0.6 is 11.3 Å². The number of anilines is 1. The molecule has 8 heteroatoms. The molecule has 136 valence electrons. The lowest BCUT2D eigenvalue weighted by atomic mass is 10.1. The third-order valence-electron chi connectivity index (χ3n) is 3.98. The van der Waals surface area contributed by atoms with Gasteiger partial charge in [-0.1, -0.05) is 17.3 Å². The molecule has 1 amide bonds. The van der Waals surface area contributed by atoms with Crippen LogP contribution in [0.25, 0.3) is 11.1 Å². The molecule has 3 heterocycles. The molecule has 0 bridgehead atoms. The molecule has 0 spiro atoms. The molecule has 0 unspecified atom stereocenters. The highest BCUT2D eigenvalue weighted by Gasteiger charge is 2.19. The van der Waals surface area contributed by atoms with E-state index in [4.69, 9.17) is 9.26 Å². The fourth-order valence-corrected chi connectivity index (χ4v) is 3.29. The average molecular weight is 380 g/mol. The molecule has 0 radical (unpaired) electrons. The number of fused-ring (bicyclic) bond motifs is 1. The molecule has 0 saturated heterocycles. The topological polar surface area (TPSA) is 90.1 Å². The van der Waals surface area contributed by atoms with Crippen molar-refractivity contribution >= 4 is 34.0 Å². The summed E-state index contributed by atoms with van der Waals surface area (Å²) in [5, 5.41) is 9.36. The number of para-hydroxylation sites is 2. The van der Waals surface area contributed by atoms with Crippen molar-refractivity contribution in [1.82, 2.24) is 15.1 Å². The fourth-order valence-electron chi connectivity index (χ4n) is 2.74. The van der Waals surface area contributed by atoms with Crippen molar-refractivity contribution < 1.29 is 14.1 Å². The van der Waals surface area contributed by atoms with Crippen molar-refractivity contribution in [2.24, 2.45) is 0 Å². The zero-order valence-electron chi connectivity index (χ0n) is 14.7. The first-order valence-corrected chi connectivity index (χ1v) is 9.20.